The average molecular weight is 382 g/mol. The minimum atomic E-state index is -0.0661. The predicted octanol–water partition coefficient (Wildman–Crippen LogP) is 6.05. The molecular formula is C24H18N2OS. The summed E-state index contributed by atoms with van der Waals surface area (Å²) in [7, 11) is 0. The molecule has 3 aromatic rings. The van der Waals surface area contributed by atoms with Crippen molar-refractivity contribution in [3.63, 3.8) is 0 Å². The van der Waals surface area contributed by atoms with E-state index in [2.05, 4.69) is 0 Å². The van der Waals surface area contributed by atoms with E-state index in [4.69, 9.17) is 4.99 Å². The maximum atomic E-state index is 13.1. The highest BCUT2D eigenvalue weighted by atomic mass is 32.2. The Bertz CT molecular complexity index is 1040. The van der Waals surface area contributed by atoms with E-state index < -0.39 is 0 Å². The third-order valence-corrected chi connectivity index (χ3v) is 5.12. The highest BCUT2D eigenvalue weighted by Crippen LogP contribution is 2.36. The van der Waals surface area contributed by atoms with E-state index in [1.807, 2.05) is 109 Å². The van der Waals surface area contributed by atoms with Crippen LogP contribution < -0.4 is 4.90 Å². The van der Waals surface area contributed by atoms with Crippen molar-refractivity contribution in [2.45, 2.75) is 0 Å². The van der Waals surface area contributed by atoms with Gasteiger partial charge in [0.05, 0.1) is 16.3 Å². The van der Waals surface area contributed by atoms with Gasteiger partial charge in [0, 0.05) is 0 Å². The van der Waals surface area contributed by atoms with Crippen LogP contribution in [0.5, 0.6) is 0 Å². The first-order chi connectivity index (χ1) is 13.8. The minimum Gasteiger partial charge on any atom is -0.268 e. The van der Waals surface area contributed by atoms with Crippen LogP contribution in [0.15, 0.2) is 113 Å². The van der Waals surface area contributed by atoms with Crippen molar-refractivity contribution >= 4 is 40.3 Å². The Balaban J connectivity index is 1.67. The number of carbonyl (C=O) groups is 1. The molecule has 1 aliphatic heterocycles. The third kappa shape index (κ3) is 4.13. The van der Waals surface area contributed by atoms with Crippen LogP contribution in [0.25, 0.3) is 6.08 Å². The van der Waals surface area contributed by atoms with E-state index in [0.717, 1.165) is 16.9 Å². The van der Waals surface area contributed by atoms with Crippen LogP contribution >= 0.6 is 11.8 Å². The van der Waals surface area contributed by atoms with Gasteiger partial charge in [-0.3, -0.25) is 9.69 Å². The molecule has 3 aromatic carbocycles. The quantitative estimate of drug-likeness (QED) is 0.515. The van der Waals surface area contributed by atoms with Crippen molar-refractivity contribution in [1.29, 1.82) is 0 Å². The third-order valence-electron chi connectivity index (χ3n) is 4.14. The van der Waals surface area contributed by atoms with E-state index in [1.165, 1.54) is 11.8 Å². The number of allylic oxidation sites excluding steroid dienone is 2. The van der Waals surface area contributed by atoms with Gasteiger partial charge in [0.25, 0.3) is 5.91 Å². The van der Waals surface area contributed by atoms with Gasteiger partial charge >= 0.3 is 0 Å². The molecule has 0 atom stereocenters. The van der Waals surface area contributed by atoms with Crippen LogP contribution in [0.2, 0.25) is 0 Å². The molecule has 0 spiro atoms. The number of benzene rings is 3. The largest absolute Gasteiger partial charge is 0.271 e. The van der Waals surface area contributed by atoms with E-state index in [9.17, 15) is 4.79 Å². The average Bonchev–Trinajstić information content (AvgIpc) is 3.05. The number of thioether (sulfide) groups is 1. The normalized spacial score (nSPS) is 17.1. The van der Waals surface area contributed by atoms with Gasteiger partial charge in [0.1, 0.15) is 0 Å². The minimum absolute atomic E-state index is 0.0661. The van der Waals surface area contributed by atoms with Crippen molar-refractivity contribution in [3.05, 3.63) is 114 Å². The van der Waals surface area contributed by atoms with Crippen molar-refractivity contribution in [2.24, 2.45) is 4.99 Å². The molecule has 0 unspecified atom stereocenters. The fourth-order valence-electron chi connectivity index (χ4n) is 2.79. The molecule has 4 rings (SSSR count). The molecule has 28 heavy (non-hydrogen) atoms. The summed E-state index contributed by atoms with van der Waals surface area (Å²) >= 11 is 1.39. The van der Waals surface area contributed by atoms with E-state index in [-0.39, 0.29) is 5.91 Å². The fourth-order valence-corrected chi connectivity index (χ4v) is 3.74. The molecule has 0 bridgehead atoms. The number of amidine groups is 1. The molecule has 4 heteroatoms. The van der Waals surface area contributed by atoms with Crippen molar-refractivity contribution in [3.8, 4) is 0 Å². The topological polar surface area (TPSA) is 32.7 Å². The van der Waals surface area contributed by atoms with Gasteiger partial charge in [-0.15, -0.1) is 0 Å². The Morgan fingerprint density at radius 2 is 1.39 bits per heavy atom. The SMILES string of the molecule is O=C1C(=CC=Cc2ccccc2)SC(=Nc2ccccc2)N1c1ccccc1. The van der Waals surface area contributed by atoms with Gasteiger partial charge in [-0.1, -0.05) is 78.9 Å². The van der Waals surface area contributed by atoms with Gasteiger partial charge in [0.2, 0.25) is 0 Å². The van der Waals surface area contributed by atoms with Gasteiger partial charge < -0.3 is 0 Å². The lowest BCUT2D eigenvalue weighted by atomic mass is 10.2. The zero-order valence-corrected chi connectivity index (χ0v) is 15.9. The second-order valence-corrected chi connectivity index (χ2v) is 7.12. The summed E-state index contributed by atoms with van der Waals surface area (Å²) in [5.74, 6) is -0.0661. The number of anilines is 1. The molecular weight excluding hydrogens is 364 g/mol. The zero-order chi connectivity index (χ0) is 19.2. The number of nitrogens with zero attached hydrogens (tertiary/aromatic N) is 2. The van der Waals surface area contributed by atoms with Crippen molar-refractivity contribution in [2.75, 3.05) is 4.90 Å². The molecule has 1 aliphatic rings. The lowest BCUT2D eigenvalue weighted by Gasteiger charge is -2.15. The molecule has 1 amide bonds. The summed E-state index contributed by atoms with van der Waals surface area (Å²) in [6.07, 6.45) is 5.74. The molecule has 1 saturated heterocycles. The number of carbonyl (C=O) groups excluding carboxylic acids is 1. The highest BCUT2D eigenvalue weighted by Gasteiger charge is 2.34. The fraction of sp³-hybridized carbons (Fsp3) is 0. The van der Waals surface area contributed by atoms with Gasteiger partial charge in [0.15, 0.2) is 5.17 Å². The Labute approximate surface area is 168 Å². The van der Waals surface area contributed by atoms with Crippen LogP contribution in [-0.2, 0) is 4.79 Å². The lowest BCUT2D eigenvalue weighted by molar-refractivity contribution is -0.113. The predicted molar refractivity (Wildman–Crippen MR) is 119 cm³/mol. The van der Waals surface area contributed by atoms with Gasteiger partial charge in [-0.25, -0.2) is 4.99 Å². The standard InChI is InChI=1S/C24H18N2OS/c27-23-22(18-10-13-19-11-4-1-5-12-19)28-24(25-20-14-6-2-7-15-20)26(23)21-16-8-3-9-17-21/h1-18H. The van der Waals surface area contributed by atoms with E-state index in [0.29, 0.717) is 10.1 Å². The summed E-state index contributed by atoms with van der Waals surface area (Å²) in [5.41, 5.74) is 2.72. The second kappa shape index (κ2) is 8.55. The van der Waals surface area contributed by atoms with Crippen molar-refractivity contribution in [1.82, 2.24) is 0 Å². The molecule has 0 saturated carbocycles. The van der Waals surface area contributed by atoms with Crippen LogP contribution in [0.4, 0.5) is 11.4 Å². The maximum absolute atomic E-state index is 13.1. The molecule has 136 valence electrons. The first kappa shape index (κ1) is 18.0. The van der Waals surface area contributed by atoms with E-state index >= 15 is 0 Å². The second-order valence-electron chi connectivity index (χ2n) is 6.11. The monoisotopic (exact) mass is 382 g/mol. The molecule has 0 N–H and O–H groups in total. The number of rotatable bonds is 4. The first-order valence-electron chi connectivity index (χ1n) is 8.96. The molecule has 1 fully saturated rings. The van der Waals surface area contributed by atoms with Crippen LogP contribution in [-0.4, -0.2) is 11.1 Å². The summed E-state index contributed by atoms with van der Waals surface area (Å²) < 4.78 is 0. The molecule has 0 aliphatic carbocycles. The van der Waals surface area contributed by atoms with Crippen molar-refractivity contribution < 1.29 is 4.79 Å². The molecule has 0 radical (unpaired) electrons. The smallest absolute Gasteiger partial charge is 0.268 e. The number of amides is 1. The number of hydrogen-bond donors (Lipinski definition) is 0. The Morgan fingerprint density at radius 3 is 2.07 bits per heavy atom. The summed E-state index contributed by atoms with van der Waals surface area (Å²) in [4.78, 5) is 20.1. The Kier molecular flexibility index (Phi) is 5.50. The lowest BCUT2D eigenvalue weighted by Crippen LogP contribution is -2.28. The van der Waals surface area contributed by atoms with Gasteiger partial charge in [-0.05, 0) is 47.7 Å². The summed E-state index contributed by atoms with van der Waals surface area (Å²) in [6, 6.07) is 29.3. The first-order valence-corrected chi connectivity index (χ1v) is 9.77. The number of hydrogen-bond acceptors (Lipinski definition) is 3. The number of para-hydroxylation sites is 2. The van der Waals surface area contributed by atoms with E-state index in [1.54, 1.807) is 4.90 Å². The summed E-state index contributed by atoms with van der Waals surface area (Å²) in [6.45, 7) is 0. The molecule has 0 aromatic heterocycles. The van der Waals surface area contributed by atoms with Crippen LogP contribution in [0.3, 0.4) is 0 Å². The highest BCUT2D eigenvalue weighted by molar-refractivity contribution is 8.19. The van der Waals surface area contributed by atoms with Gasteiger partial charge in [-0.2, -0.15) is 0 Å². The zero-order valence-electron chi connectivity index (χ0n) is 15.1. The Hall–Kier alpha value is -3.37. The van der Waals surface area contributed by atoms with Crippen LogP contribution in [0, 0.1) is 0 Å². The maximum Gasteiger partial charge on any atom is 0.271 e. The molecule has 3 nitrogen and oxygen atoms in total. The Morgan fingerprint density at radius 1 is 0.786 bits per heavy atom. The van der Waals surface area contributed by atoms with Crippen LogP contribution in [0.1, 0.15) is 5.56 Å². The summed E-state index contributed by atoms with van der Waals surface area (Å²) in [5, 5.41) is 0.654. The molecule has 1 heterocycles. The number of aliphatic imine (C=N–C) groups is 1.